The highest BCUT2D eigenvalue weighted by Crippen LogP contribution is 2.23. The first-order chi connectivity index (χ1) is 14.2. The molecular formula is C21H17N3O3S2. The van der Waals surface area contributed by atoms with E-state index in [1.807, 2.05) is 54.2 Å². The van der Waals surface area contributed by atoms with E-state index < -0.39 is 5.97 Å². The van der Waals surface area contributed by atoms with Crippen molar-refractivity contribution in [2.24, 2.45) is 0 Å². The van der Waals surface area contributed by atoms with Crippen molar-refractivity contribution in [3.05, 3.63) is 82.1 Å². The zero-order chi connectivity index (χ0) is 20.1. The molecule has 0 bridgehead atoms. The molecule has 2 heterocycles. The summed E-state index contributed by atoms with van der Waals surface area (Å²) in [5.74, 6) is 1.10. The van der Waals surface area contributed by atoms with E-state index in [-0.39, 0.29) is 6.61 Å². The molecule has 0 radical (unpaired) electrons. The maximum atomic E-state index is 12.3. The van der Waals surface area contributed by atoms with Crippen molar-refractivity contribution in [1.82, 2.24) is 15.1 Å². The number of ether oxygens (including phenoxy) is 1. The average Bonchev–Trinajstić information content (AvgIpc) is 3.44. The molecule has 0 N–H and O–H groups in total. The monoisotopic (exact) mass is 423 g/mol. The molecule has 0 aliphatic carbocycles. The third kappa shape index (κ3) is 5.10. The van der Waals surface area contributed by atoms with Crippen LogP contribution in [-0.4, -0.2) is 21.1 Å². The summed E-state index contributed by atoms with van der Waals surface area (Å²) in [6, 6.07) is 15.1. The third-order valence-corrected chi connectivity index (χ3v) is 5.74. The molecule has 0 saturated heterocycles. The number of thiazole rings is 1. The van der Waals surface area contributed by atoms with Crippen LogP contribution in [0.1, 0.15) is 27.4 Å². The van der Waals surface area contributed by atoms with Crippen molar-refractivity contribution in [3.63, 3.8) is 0 Å². The van der Waals surface area contributed by atoms with E-state index in [1.54, 1.807) is 35.2 Å². The minimum Gasteiger partial charge on any atom is -0.454 e. The van der Waals surface area contributed by atoms with E-state index in [4.69, 9.17) is 9.26 Å². The molecule has 0 atom stereocenters. The fourth-order valence-electron chi connectivity index (χ4n) is 2.49. The Morgan fingerprint density at radius 2 is 1.93 bits per heavy atom. The van der Waals surface area contributed by atoms with Gasteiger partial charge in [-0.3, -0.25) is 0 Å². The first-order valence-electron chi connectivity index (χ1n) is 8.84. The van der Waals surface area contributed by atoms with Crippen LogP contribution in [-0.2, 0) is 17.1 Å². The van der Waals surface area contributed by atoms with Gasteiger partial charge in [0.1, 0.15) is 0 Å². The summed E-state index contributed by atoms with van der Waals surface area (Å²) in [6.45, 7) is 1.96. The number of hydrogen-bond donors (Lipinski definition) is 0. The van der Waals surface area contributed by atoms with Crippen LogP contribution in [0.3, 0.4) is 0 Å². The Bertz CT molecular complexity index is 1080. The highest BCUT2D eigenvalue weighted by Gasteiger charge is 2.12. The number of aromatic nitrogens is 3. The van der Waals surface area contributed by atoms with Gasteiger partial charge in [-0.1, -0.05) is 22.9 Å². The summed E-state index contributed by atoms with van der Waals surface area (Å²) in [6.07, 6.45) is 0. The molecule has 0 unspecified atom stereocenters. The van der Waals surface area contributed by atoms with Crippen molar-refractivity contribution in [1.29, 1.82) is 0 Å². The van der Waals surface area contributed by atoms with E-state index >= 15 is 0 Å². The van der Waals surface area contributed by atoms with Gasteiger partial charge in [0.25, 0.3) is 5.89 Å². The summed E-state index contributed by atoms with van der Waals surface area (Å²) in [5, 5.41) is 5.90. The molecule has 0 spiro atoms. The molecule has 4 aromatic rings. The largest absolute Gasteiger partial charge is 0.454 e. The zero-order valence-electron chi connectivity index (χ0n) is 15.6. The SMILES string of the molecule is Cc1ccc(-c2nc(COC(=O)c3ccc(SCc4cscn4)cc3)no2)cc1. The second-order valence-corrected chi connectivity index (χ2v) is 8.02. The van der Waals surface area contributed by atoms with Gasteiger partial charge in [0.15, 0.2) is 6.61 Å². The highest BCUT2D eigenvalue weighted by atomic mass is 32.2. The molecule has 0 fully saturated rings. The lowest BCUT2D eigenvalue weighted by molar-refractivity contribution is 0.0459. The maximum Gasteiger partial charge on any atom is 0.338 e. The lowest BCUT2D eigenvalue weighted by atomic mass is 10.1. The highest BCUT2D eigenvalue weighted by molar-refractivity contribution is 7.98. The van der Waals surface area contributed by atoms with E-state index in [2.05, 4.69) is 15.1 Å². The Hall–Kier alpha value is -2.97. The topological polar surface area (TPSA) is 78.1 Å². The maximum absolute atomic E-state index is 12.3. The van der Waals surface area contributed by atoms with Crippen LogP contribution in [0.25, 0.3) is 11.5 Å². The van der Waals surface area contributed by atoms with E-state index in [0.29, 0.717) is 17.3 Å². The Morgan fingerprint density at radius 3 is 2.66 bits per heavy atom. The summed E-state index contributed by atoms with van der Waals surface area (Å²) in [5.41, 5.74) is 5.32. The molecule has 2 aromatic heterocycles. The minimum absolute atomic E-state index is 0.0471. The predicted molar refractivity (Wildman–Crippen MR) is 112 cm³/mol. The number of esters is 1. The lowest BCUT2D eigenvalue weighted by Crippen LogP contribution is -2.06. The van der Waals surface area contributed by atoms with Gasteiger partial charge in [-0.2, -0.15) is 4.98 Å². The second kappa shape index (κ2) is 9.02. The van der Waals surface area contributed by atoms with Crippen molar-refractivity contribution < 1.29 is 14.1 Å². The van der Waals surface area contributed by atoms with Crippen molar-refractivity contribution in [2.45, 2.75) is 24.2 Å². The van der Waals surface area contributed by atoms with Crippen LogP contribution >= 0.6 is 23.1 Å². The van der Waals surface area contributed by atoms with Gasteiger partial charge in [-0.25, -0.2) is 9.78 Å². The third-order valence-electron chi connectivity index (χ3n) is 4.06. The Balaban J connectivity index is 1.31. The summed E-state index contributed by atoms with van der Waals surface area (Å²) < 4.78 is 10.5. The van der Waals surface area contributed by atoms with Gasteiger partial charge in [0, 0.05) is 21.6 Å². The molecule has 0 saturated carbocycles. The van der Waals surface area contributed by atoms with Gasteiger partial charge in [-0.15, -0.1) is 23.1 Å². The molecule has 0 aliphatic rings. The smallest absolute Gasteiger partial charge is 0.338 e. The van der Waals surface area contributed by atoms with Crippen molar-refractivity contribution in [2.75, 3.05) is 0 Å². The minimum atomic E-state index is -0.428. The molecule has 2 aromatic carbocycles. The zero-order valence-corrected chi connectivity index (χ0v) is 17.2. The Labute approximate surface area is 176 Å². The Morgan fingerprint density at radius 1 is 1.14 bits per heavy atom. The predicted octanol–water partition coefficient (Wildman–Crippen LogP) is 5.15. The van der Waals surface area contributed by atoms with Crippen molar-refractivity contribution in [3.8, 4) is 11.5 Å². The average molecular weight is 424 g/mol. The fraction of sp³-hybridized carbons (Fsp3) is 0.143. The molecule has 0 amide bonds. The first-order valence-corrected chi connectivity index (χ1v) is 10.8. The molecule has 4 rings (SSSR count). The van der Waals surface area contributed by atoms with Crippen LogP contribution in [0.15, 0.2) is 68.8 Å². The summed E-state index contributed by atoms with van der Waals surface area (Å²) in [4.78, 5) is 21.9. The molecule has 146 valence electrons. The number of rotatable bonds is 7. The van der Waals surface area contributed by atoms with Crippen LogP contribution in [0.2, 0.25) is 0 Å². The summed E-state index contributed by atoms with van der Waals surface area (Å²) in [7, 11) is 0. The molecule has 6 nitrogen and oxygen atoms in total. The molecule has 29 heavy (non-hydrogen) atoms. The van der Waals surface area contributed by atoms with E-state index in [0.717, 1.165) is 27.5 Å². The number of hydrogen-bond acceptors (Lipinski definition) is 8. The number of nitrogens with zero attached hydrogens (tertiary/aromatic N) is 3. The van der Waals surface area contributed by atoms with Gasteiger partial charge < -0.3 is 9.26 Å². The second-order valence-electron chi connectivity index (χ2n) is 6.25. The van der Waals surface area contributed by atoms with Crippen LogP contribution in [0.5, 0.6) is 0 Å². The van der Waals surface area contributed by atoms with Crippen molar-refractivity contribution >= 4 is 29.1 Å². The van der Waals surface area contributed by atoms with Crippen LogP contribution in [0, 0.1) is 6.92 Å². The van der Waals surface area contributed by atoms with Gasteiger partial charge in [-0.05, 0) is 43.3 Å². The number of carbonyl (C=O) groups is 1. The van der Waals surface area contributed by atoms with Gasteiger partial charge in [0.05, 0.1) is 16.8 Å². The molecule has 0 aliphatic heterocycles. The van der Waals surface area contributed by atoms with Crippen LogP contribution < -0.4 is 0 Å². The molecule has 8 heteroatoms. The van der Waals surface area contributed by atoms with Gasteiger partial charge >= 0.3 is 5.97 Å². The number of carbonyl (C=O) groups excluding carboxylic acids is 1. The quantitative estimate of drug-likeness (QED) is 0.300. The number of thioether (sulfide) groups is 1. The number of aryl methyl sites for hydroxylation is 1. The lowest BCUT2D eigenvalue weighted by Gasteiger charge is -2.04. The van der Waals surface area contributed by atoms with Gasteiger partial charge in [0.2, 0.25) is 5.82 Å². The van der Waals surface area contributed by atoms with E-state index in [9.17, 15) is 4.79 Å². The first kappa shape index (κ1) is 19.4. The normalized spacial score (nSPS) is 10.8. The standard InChI is InChI=1S/C21H17N3O3S2/c1-14-2-4-15(5-3-14)20-23-19(24-27-20)10-26-21(25)16-6-8-18(9-7-16)29-12-17-11-28-13-22-17/h2-9,11,13H,10,12H2,1H3. The van der Waals surface area contributed by atoms with E-state index in [1.165, 1.54) is 0 Å². The Kier molecular flexibility index (Phi) is 6.02. The molecular weight excluding hydrogens is 406 g/mol. The fourth-order valence-corrected chi connectivity index (χ4v) is 3.96. The van der Waals surface area contributed by atoms with Crippen LogP contribution in [0.4, 0.5) is 0 Å². The summed E-state index contributed by atoms with van der Waals surface area (Å²) >= 11 is 3.25. The number of benzene rings is 2.